The molecule has 1 aromatic carbocycles. The van der Waals surface area contributed by atoms with Crippen molar-refractivity contribution in [1.29, 1.82) is 0 Å². The molecule has 1 N–H and O–H groups in total. The van der Waals surface area contributed by atoms with Crippen molar-refractivity contribution in [3.8, 4) is 22.4 Å². The zero-order valence-corrected chi connectivity index (χ0v) is 15.5. The smallest absolute Gasteiger partial charge is 0.356 e. The van der Waals surface area contributed by atoms with Gasteiger partial charge in [0.25, 0.3) is 5.56 Å². The second-order valence-electron chi connectivity index (χ2n) is 6.62. The third kappa shape index (κ3) is 2.63. The minimum Gasteiger partial charge on any atom is -0.476 e. The van der Waals surface area contributed by atoms with Crippen molar-refractivity contribution in [1.82, 2.24) is 14.3 Å². The molecule has 28 heavy (non-hydrogen) atoms. The Kier molecular flexibility index (Phi) is 3.21. The van der Waals surface area contributed by atoms with Crippen LogP contribution in [0.25, 0.3) is 33.3 Å². The van der Waals surface area contributed by atoms with Crippen LogP contribution >= 0.6 is 0 Å². The van der Waals surface area contributed by atoms with Crippen LogP contribution in [0.1, 0.15) is 26.1 Å². The zero-order valence-electron chi connectivity index (χ0n) is 18.5. The van der Waals surface area contributed by atoms with Crippen molar-refractivity contribution in [2.24, 2.45) is 14.0 Å². The normalized spacial score (nSPS) is 13.3. The van der Waals surface area contributed by atoms with E-state index >= 15 is 0 Å². The largest absolute Gasteiger partial charge is 0.476 e. The lowest BCUT2D eigenvalue weighted by Crippen LogP contribution is -2.11. The van der Waals surface area contributed by atoms with E-state index in [0.29, 0.717) is 39.2 Å². The van der Waals surface area contributed by atoms with Gasteiger partial charge >= 0.3 is 5.97 Å². The predicted molar refractivity (Wildman–Crippen MR) is 106 cm³/mol. The Balaban J connectivity index is 1.95. The summed E-state index contributed by atoms with van der Waals surface area (Å²) >= 11 is 0. The summed E-state index contributed by atoms with van der Waals surface area (Å²) in [7, 11) is 1.53. The standard InChI is InChI=1S/C21H19N3O4/c1-11-9-15-10-16(23(3)19(15)18(22-11)21(26)27)13-5-7-14(8-6-13)17-12(2)28-24(4)20(17)25/h5-10H,1-4H3,(H,26,27)/i3D3. The molecule has 3 heterocycles. The van der Waals surface area contributed by atoms with Gasteiger partial charge in [0.1, 0.15) is 5.76 Å². The number of aromatic carboxylic acids is 1. The maximum absolute atomic E-state index is 12.3. The molecule has 4 rings (SSSR count). The van der Waals surface area contributed by atoms with Crippen LogP contribution in [0.5, 0.6) is 0 Å². The molecule has 0 unspecified atom stereocenters. The fraction of sp³-hybridized carbons (Fsp3) is 0.190. The molecule has 0 saturated heterocycles. The monoisotopic (exact) mass is 380 g/mol. The Bertz CT molecular complexity index is 1390. The average molecular weight is 380 g/mol. The summed E-state index contributed by atoms with van der Waals surface area (Å²) in [5, 5.41) is 10.1. The lowest BCUT2D eigenvalue weighted by molar-refractivity contribution is 0.0692. The summed E-state index contributed by atoms with van der Waals surface area (Å²) in [4.78, 5) is 28.1. The van der Waals surface area contributed by atoms with Gasteiger partial charge in [-0.3, -0.25) is 4.79 Å². The molecule has 142 valence electrons. The number of hydrogen-bond acceptors (Lipinski definition) is 4. The van der Waals surface area contributed by atoms with Gasteiger partial charge in [0.15, 0.2) is 5.69 Å². The van der Waals surface area contributed by atoms with Gasteiger partial charge in [-0.05, 0) is 37.1 Å². The number of carboxylic acid groups (broad SMARTS) is 1. The quantitative estimate of drug-likeness (QED) is 0.587. The Labute approximate surface area is 164 Å². The minimum atomic E-state index is -2.63. The first-order valence-corrected chi connectivity index (χ1v) is 8.53. The van der Waals surface area contributed by atoms with Crippen molar-refractivity contribution in [2.75, 3.05) is 0 Å². The van der Waals surface area contributed by atoms with Gasteiger partial charge in [-0.2, -0.15) is 4.74 Å². The van der Waals surface area contributed by atoms with Gasteiger partial charge in [0.05, 0.1) is 11.1 Å². The highest BCUT2D eigenvalue weighted by atomic mass is 16.5. The number of nitrogens with zero attached hydrogens (tertiary/aromatic N) is 3. The molecule has 4 aromatic rings. The molecule has 0 atom stereocenters. The van der Waals surface area contributed by atoms with Crippen LogP contribution in [0, 0.1) is 13.8 Å². The van der Waals surface area contributed by atoms with Crippen LogP contribution in [0.3, 0.4) is 0 Å². The molecule has 0 saturated carbocycles. The van der Waals surface area contributed by atoms with E-state index in [4.69, 9.17) is 8.64 Å². The van der Waals surface area contributed by atoms with Gasteiger partial charge < -0.3 is 14.2 Å². The summed E-state index contributed by atoms with van der Waals surface area (Å²) in [5.41, 5.74) is 1.88. The zero-order chi connectivity index (χ0) is 22.7. The van der Waals surface area contributed by atoms with Crippen LogP contribution in [0.15, 0.2) is 45.7 Å². The number of hydrogen-bond donors (Lipinski definition) is 1. The molecule has 7 nitrogen and oxygen atoms in total. The van der Waals surface area contributed by atoms with E-state index in [2.05, 4.69) is 4.98 Å². The number of carbonyl (C=O) groups is 1. The Morgan fingerprint density at radius 2 is 1.86 bits per heavy atom. The minimum absolute atomic E-state index is 0.0386. The van der Waals surface area contributed by atoms with Gasteiger partial charge in [-0.15, -0.1) is 0 Å². The van der Waals surface area contributed by atoms with Crippen molar-refractivity contribution < 1.29 is 18.5 Å². The molecule has 0 aliphatic rings. The number of fused-ring (bicyclic) bond motifs is 1. The highest BCUT2D eigenvalue weighted by Gasteiger charge is 2.18. The third-order valence-electron chi connectivity index (χ3n) is 4.70. The molecule has 0 radical (unpaired) electrons. The highest BCUT2D eigenvalue weighted by molar-refractivity contribution is 6.02. The molecule has 0 fully saturated rings. The van der Waals surface area contributed by atoms with Crippen LogP contribution in [-0.2, 0) is 14.0 Å². The van der Waals surface area contributed by atoms with Gasteiger partial charge in [0.2, 0.25) is 0 Å². The Morgan fingerprint density at radius 3 is 2.43 bits per heavy atom. The number of aromatic nitrogens is 3. The van der Waals surface area contributed by atoms with Gasteiger partial charge in [0, 0.05) is 34.9 Å². The first kappa shape index (κ1) is 14.4. The summed E-state index contributed by atoms with van der Waals surface area (Å²) < 4.78 is 31.5. The number of carboxylic acids is 1. The molecular weight excluding hydrogens is 358 g/mol. The molecule has 0 amide bonds. The van der Waals surface area contributed by atoms with Crippen molar-refractivity contribution >= 4 is 16.9 Å². The van der Waals surface area contributed by atoms with Gasteiger partial charge in [-0.25, -0.2) is 9.78 Å². The SMILES string of the molecule is [2H]C([2H])([2H])n1c(-c2ccc(-c3c(C)on(C)c3=O)cc2)cc2cc(C)nc(C(=O)O)c21. The maximum Gasteiger partial charge on any atom is 0.356 e. The Hall–Kier alpha value is -3.61. The third-order valence-corrected chi connectivity index (χ3v) is 4.70. The topological polar surface area (TPSA) is 90.3 Å². The maximum atomic E-state index is 12.3. The van der Waals surface area contributed by atoms with Crippen LogP contribution in [-0.4, -0.2) is 25.4 Å². The van der Waals surface area contributed by atoms with E-state index in [9.17, 15) is 14.7 Å². The Morgan fingerprint density at radius 1 is 1.18 bits per heavy atom. The molecule has 3 aromatic heterocycles. The lowest BCUT2D eigenvalue weighted by Gasteiger charge is -2.07. The number of aryl methyl sites for hydroxylation is 4. The molecule has 0 spiro atoms. The second kappa shape index (κ2) is 6.23. The van der Waals surface area contributed by atoms with E-state index < -0.39 is 12.9 Å². The summed E-state index contributed by atoms with van der Waals surface area (Å²) in [5.74, 6) is -0.824. The number of pyridine rings is 1. The molecule has 0 aliphatic heterocycles. The van der Waals surface area contributed by atoms with E-state index in [1.807, 2.05) is 0 Å². The fourth-order valence-electron chi connectivity index (χ4n) is 3.47. The van der Waals surface area contributed by atoms with Crippen molar-refractivity contribution in [2.45, 2.75) is 13.8 Å². The number of rotatable bonds is 3. The van der Waals surface area contributed by atoms with Crippen molar-refractivity contribution in [3.05, 3.63) is 63.9 Å². The average Bonchev–Trinajstić information content (AvgIpc) is 3.18. The van der Waals surface area contributed by atoms with E-state index in [-0.39, 0.29) is 16.8 Å². The van der Waals surface area contributed by atoms with Crippen LogP contribution in [0.4, 0.5) is 0 Å². The lowest BCUT2D eigenvalue weighted by atomic mass is 10.0. The van der Waals surface area contributed by atoms with E-state index in [1.54, 1.807) is 50.2 Å². The molecule has 0 aliphatic carbocycles. The molecule has 7 heteroatoms. The molecule has 0 bridgehead atoms. The van der Waals surface area contributed by atoms with E-state index in [1.165, 1.54) is 7.05 Å². The number of benzene rings is 1. The first-order valence-electron chi connectivity index (χ1n) is 10.0. The first-order chi connectivity index (χ1) is 14.5. The summed E-state index contributed by atoms with van der Waals surface area (Å²) in [6.45, 7) is 0.717. The van der Waals surface area contributed by atoms with Crippen molar-refractivity contribution in [3.63, 3.8) is 0 Å². The molecular formula is C21H19N3O4. The highest BCUT2D eigenvalue weighted by Crippen LogP contribution is 2.31. The second-order valence-corrected chi connectivity index (χ2v) is 6.62. The van der Waals surface area contributed by atoms with Gasteiger partial charge in [-0.1, -0.05) is 24.3 Å². The summed E-state index contributed by atoms with van der Waals surface area (Å²) in [6, 6.07) is 10.1. The fourth-order valence-corrected chi connectivity index (χ4v) is 3.47. The van der Waals surface area contributed by atoms with E-state index in [0.717, 1.165) is 9.31 Å². The summed E-state index contributed by atoms with van der Waals surface area (Å²) in [6.07, 6.45) is 0. The predicted octanol–water partition coefficient (Wildman–Crippen LogP) is 3.51. The van der Waals surface area contributed by atoms with Crippen LogP contribution < -0.4 is 5.56 Å². The van der Waals surface area contributed by atoms with Crippen LogP contribution in [0.2, 0.25) is 0 Å².